The lowest BCUT2D eigenvalue weighted by Crippen LogP contribution is -2.47. The summed E-state index contributed by atoms with van der Waals surface area (Å²) in [6, 6.07) is 2.82. The van der Waals surface area contributed by atoms with Gasteiger partial charge in [0.25, 0.3) is 5.91 Å². The molecule has 0 spiro atoms. The van der Waals surface area contributed by atoms with E-state index in [0.717, 1.165) is 0 Å². The van der Waals surface area contributed by atoms with E-state index in [2.05, 4.69) is 10.4 Å². The van der Waals surface area contributed by atoms with Gasteiger partial charge in [0.05, 0.1) is 29.9 Å². The standard InChI is InChI=1S/C22H30FN5O6S/c1-15-8-17(19-11-27(6-7-29)14-24-19)9-18(21(15)23)22(31)25-26-35(32,33)13-16-4-3-5-28(10-16)20(30)12-34-2/h8-9,11,14,16,26,29H,3-7,10,12-13H2,1-2H3,(H,25,31). The van der Waals surface area contributed by atoms with Crippen molar-refractivity contribution in [3.8, 4) is 11.3 Å². The van der Waals surface area contributed by atoms with Gasteiger partial charge in [-0.1, -0.05) is 0 Å². The van der Waals surface area contributed by atoms with E-state index in [4.69, 9.17) is 9.84 Å². The number of imidazole rings is 1. The number of halogens is 1. The van der Waals surface area contributed by atoms with E-state index in [9.17, 15) is 22.4 Å². The quantitative estimate of drug-likeness (QED) is 0.393. The zero-order valence-electron chi connectivity index (χ0n) is 19.7. The van der Waals surface area contributed by atoms with Crippen LogP contribution in [0, 0.1) is 18.7 Å². The van der Waals surface area contributed by atoms with Gasteiger partial charge >= 0.3 is 0 Å². The largest absolute Gasteiger partial charge is 0.395 e. The number of piperidine rings is 1. The van der Waals surface area contributed by atoms with Gasteiger partial charge < -0.3 is 19.3 Å². The number of methoxy groups -OCH3 is 1. The maximum Gasteiger partial charge on any atom is 0.269 e. The van der Waals surface area contributed by atoms with Gasteiger partial charge in [0, 0.05) is 38.5 Å². The first-order valence-electron chi connectivity index (χ1n) is 11.1. The molecule has 35 heavy (non-hydrogen) atoms. The van der Waals surface area contributed by atoms with Gasteiger partial charge in [0.1, 0.15) is 12.4 Å². The number of aliphatic hydroxyl groups excluding tert-OH is 1. The van der Waals surface area contributed by atoms with Crippen LogP contribution in [0.1, 0.15) is 28.8 Å². The summed E-state index contributed by atoms with van der Waals surface area (Å²) in [5.41, 5.74) is 2.87. The van der Waals surface area contributed by atoms with Crippen LogP contribution in [0.2, 0.25) is 0 Å². The maximum atomic E-state index is 14.7. The van der Waals surface area contributed by atoms with Gasteiger partial charge in [-0.15, -0.1) is 4.83 Å². The summed E-state index contributed by atoms with van der Waals surface area (Å²) in [5, 5.41) is 9.05. The van der Waals surface area contributed by atoms with Gasteiger partial charge in [-0.25, -0.2) is 17.8 Å². The molecule has 3 rings (SSSR count). The molecule has 1 atom stereocenters. The minimum Gasteiger partial charge on any atom is -0.395 e. The van der Waals surface area contributed by atoms with Gasteiger partial charge in [-0.3, -0.25) is 15.0 Å². The van der Waals surface area contributed by atoms with Crippen molar-refractivity contribution >= 4 is 21.8 Å². The highest BCUT2D eigenvalue weighted by atomic mass is 32.2. The molecule has 13 heteroatoms. The van der Waals surface area contributed by atoms with Crippen molar-refractivity contribution in [3.05, 3.63) is 41.6 Å². The van der Waals surface area contributed by atoms with E-state index in [0.29, 0.717) is 37.2 Å². The Morgan fingerprint density at radius 2 is 2.11 bits per heavy atom. The van der Waals surface area contributed by atoms with Crippen LogP contribution in [-0.4, -0.2) is 79.0 Å². The van der Waals surface area contributed by atoms with Gasteiger partial charge in [-0.05, 0) is 43.4 Å². The number of ether oxygens (including phenoxy) is 1. The Labute approximate surface area is 203 Å². The van der Waals surface area contributed by atoms with Gasteiger partial charge in [-0.2, -0.15) is 0 Å². The number of hydrogen-bond acceptors (Lipinski definition) is 7. The molecule has 1 aromatic heterocycles. The number of hydrogen-bond donors (Lipinski definition) is 3. The lowest BCUT2D eigenvalue weighted by Gasteiger charge is -2.32. The first-order chi connectivity index (χ1) is 16.6. The molecule has 0 radical (unpaired) electrons. The van der Waals surface area contributed by atoms with Crippen LogP contribution in [0.5, 0.6) is 0 Å². The molecule has 0 aliphatic carbocycles. The molecule has 192 valence electrons. The van der Waals surface area contributed by atoms with Crippen molar-refractivity contribution in [1.82, 2.24) is 24.7 Å². The lowest BCUT2D eigenvalue weighted by atomic mass is 10.0. The zero-order valence-corrected chi connectivity index (χ0v) is 20.5. The summed E-state index contributed by atoms with van der Waals surface area (Å²) in [6.07, 6.45) is 4.43. The highest BCUT2D eigenvalue weighted by molar-refractivity contribution is 7.89. The Kier molecular flexibility index (Phi) is 8.94. The van der Waals surface area contributed by atoms with E-state index in [1.54, 1.807) is 15.7 Å². The molecule has 2 heterocycles. The van der Waals surface area contributed by atoms with Gasteiger partial charge in [0.15, 0.2) is 0 Å². The number of likely N-dealkylation sites (tertiary alicyclic amines) is 1. The molecule has 0 bridgehead atoms. The molecular weight excluding hydrogens is 481 g/mol. The van der Waals surface area contributed by atoms with Gasteiger partial charge in [0.2, 0.25) is 15.9 Å². The van der Waals surface area contributed by atoms with Crippen LogP contribution in [0.25, 0.3) is 11.3 Å². The lowest BCUT2D eigenvalue weighted by molar-refractivity contribution is -0.136. The van der Waals surface area contributed by atoms with Crippen molar-refractivity contribution in [2.75, 3.05) is 39.2 Å². The Morgan fingerprint density at radius 1 is 1.34 bits per heavy atom. The van der Waals surface area contributed by atoms with Crippen molar-refractivity contribution < 1.29 is 32.2 Å². The molecular formula is C22H30FN5O6S. The van der Waals surface area contributed by atoms with E-state index in [-0.39, 0.29) is 48.5 Å². The van der Waals surface area contributed by atoms with Crippen LogP contribution < -0.4 is 10.3 Å². The van der Waals surface area contributed by atoms with Crippen LogP contribution in [0.3, 0.4) is 0 Å². The number of benzene rings is 1. The summed E-state index contributed by atoms with van der Waals surface area (Å²) in [5.74, 6) is -2.54. The molecule has 11 nitrogen and oxygen atoms in total. The van der Waals surface area contributed by atoms with E-state index in [1.165, 1.54) is 32.5 Å². The zero-order chi connectivity index (χ0) is 25.6. The molecule has 0 saturated carbocycles. The third kappa shape index (κ3) is 7.07. The fourth-order valence-electron chi connectivity index (χ4n) is 4.02. The smallest absolute Gasteiger partial charge is 0.269 e. The average Bonchev–Trinajstić information content (AvgIpc) is 3.28. The summed E-state index contributed by atoms with van der Waals surface area (Å²) >= 11 is 0. The minimum absolute atomic E-state index is 0.0699. The molecule has 2 aromatic rings. The number of hydrazine groups is 1. The number of amides is 2. The maximum absolute atomic E-state index is 14.7. The number of carbonyl (C=O) groups is 2. The molecule has 3 N–H and O–H groups in total. The Bertz CT molecular complexity index is 1170. The molecule has 1 unspecified atom stereocenters. The Hall–Kier alpha value is -2.87. The second-order valence-corrected chi connectivity index (χ2v) is 10.3. The highest BCUT2D eigenvalue weighted by Gasteiger charge is 2.28. The number of carbonyl (C=O) groups excluding carboxylic acids is 2. The summed E-state index contributed by atoms with van der Waals surface area (Å²) in [7, 11) is -2.53. The molecule has 1 fully saturated rings. The van der Waals surface area contributed by atoms with Crippen LogP contribution >= 0.6 is 0 Å². The average molecular weight is 512 g/mol. The summed E-state index contributed by atoms with van der Waals surface area (Å²) < 4.78 is 46.3. The molecule has 2 amide bonds. The van der Waals surface area contributed by atoms with E-state index in [1.807, 2.05) is 4.83 Å². The monoisotopic (exact) mass is 511 g/mol. The normalized spacial score (nSPS) is 16.3. The number of aliphatic hydroxyl groups is 1. The first-order valence-corrected chi connectivity index (χ1v) is 12.8. The van der Waals surface area contributed by atoms with Crippen molar-refractivity contribution in [2.45, 2.75) is 26.3 Å². The van der Waals surface area contributed by atoms with E-state index < -0.39 is 21.7 Å². The van der Waals surface area contributed by atoms with Crippen LogP contribution in [0.4, 0.5) is 4.39 Å². The topological polar surface area (TPSA) is 143 Å². The second-order valence-electron chi connectivity index (χ2n) is 8.49. The fourth-order valence-corrected chi connectivity index (χ4v) is 5.24. The number of aromatic nitrogens is 2. The predicted octanol–water partition coefficient (Wildman–Crippen LogP) is 0.439. The Morgan fingerprint density at radius 3 is 2.83 bits per heavy atom. The third-order valence-corrected chi connectivity index (χ3v) is 7.02. The second kappa shape index (κ2) is 11.7. The fraction of sp³-hybridized carbons (Fsp3) is 0.500. The molecule has 1 aromatic carbocycles. The highest BCUT2D eigenvalue weighted by Crippen LogP contribution is 2.24. The SMILES string of the molecule is COCC(=O)N1CCCC(CS(=O)(=O)NNC(=O)c2cc(-c3cn(CCO)cn3)cc(C)c2F)C1. The van der Waals surface area contributed by atoms with Crippen LogP contribution in [-0.2, 0) is 26.1 Å². The van der Waals surface area contributed by atoms with Crippen molar-refractivity contribution in [3.63, 3.8) is 0 Å². The van der Waals surface area contributed by atoms with Crippen molar-refractivity contribution in [2.24, 2.45) is 5.92 Å². The summed E-state index contributed by atoms with van der Waals surface area (Å²) in [4.78, 5) is 32.5. The number of nitrogens with zero attached hydrogens (tertiary/aromatic N) is 3. The molecule has 1 aliphatic heterocycles. The summed E-state index contributed by atoms with van der Waals surface area (Å²) in [6.45, 7) is 2.49. The number of aryl methyl sites for hydroxylation is 1. The first kappa shape index (κ1) is 26.7. The van der Waals surface area contributed by atoms with Crippen molar-refractivity contribution in [1.29, 1.82) is 0 Å². The number of rotatable bonds is 10. The number of nitrogens with one attached hydrogen (secondary N) is 2. The van der Waals surface area contributed by atoms with Crippen LogP contribution in [0.15, 0.2) is 24.7 Å². The van der Waals surface area contributed by atoms with E-state index >= 15 is 0 Å². The molecule has 1 aliphatic rings. The minimum atomic E-state index is -3.95. The third-order valence-electron chi connectivity index (χ3n) is 5.70. The Balaban J connectivity index is 1.66. The molecule has 1 saturated heterocycles. The number of sulfonamides is 1. The predicted molar refractivity (Wildman–Crippen MR) is 125 cm³/mol.